The van der Waals surface area contributed by atoms with Gasteiger partial charge in [-0.3, -0.25) is 0 Å². The lowest BCUT2D eigenvalue weighted by Crippen LogP contribution is -2.31. The van der Waals surface area contributed by atoms with Crippen LogP contribution in [0.15, 0.2) is 42.5 Å². The van der Waals surface area contributed by atoms with E-state index in [2.05, 4.69) is 60.9 Å². The van der Waals surface area contributed by atoms with Gasteiger partial charge < -0.3 is 20.8 Å². The zero-order chi connectivity index (χ0) is 19.6. The Bertz CT molecular complexity index is 830. The summed E-state index contributed by atoms with van der Waals surface area (Å²) in [6.07, 6.45) is 1.83. The average molecular weight is 389 g/mol. The van der Waals surface area contributed by atoms with Crippen LogP contribution < -0.4 is 10.6 Å². The quantitative estimate of drug-likeness (QED) is 0.520. The molecule has 1 aliphatic heterocycles. The van der Waals surface area contributed by atoms with Crippen molar-refractivity contribution < 1.29 is 15.0 Å². The van der Waals surface area contributed by atoms with Crippen LogP contribution in [-0.2, 0) is 5.41 Å². The maximum Gasteiger partial charge on any atom is 0.503 e. The molecule has 1 unspecified atom stereocenters. The van der Waals surface area contributed by atoms with Crippen LogP contribution in [-0.4, -0.2) is 22.4 Å². The van der Waals surface area contributed by atoms with Crippen LogP contribution in [0.3, 0.4) is 0 Å². The number of fused-ring (bicyclic) bond motifs is 1. The van der Waals surface area contributed by atoms with E-state index in [0.29, 0.717) is 12.1 Å². The number of rotatable bonds is 3. The summed E-state index contributed by atoms with van der Waals surface area (Å²) in [5.41, 5.74) is 5.22. The van der Waals surface area contributed by atoms with E-state index in [9.17, 15) is 0 Å². The van der Waals surface area contributed by atoms with Gasteiger partial charge >= 0.3 is 6.16 Å². The van der Waals surface area contributed by atoms with Crippen molar-refractivity contribution in [2.75, 3.05) is 10.6 Å². The summed E-state index contributed by atoms with van der Waals surface area (Å²) in [6, 6.07) is 16.1. The summed E-state index contributed by atoms with van der Waals surface area (Å²) in [6.45, 7) is 4.62. The Labute approximate surface area is 164 Å². The van der Waals surface area contributed by atoms with Crippen LogP contribution in [0.1, 0.15) is 50.3 Å². The fourth-order valence-electron chi connectivity index (χ4n) is 3.57. The van der Waals surface area contributed by atoms with Gasteiger partial charge in [-0.1, -0.05) is 37.6 Å². The van der Waals surface area contributed by atoms with E-state index in [0.717, 1.165) is 11.4 Å². The number of anilines is 2. The molecule has 2 aromatic rings. The zero-order valence-electron chi connectivity index (χ0n) is 15.5. The molecule has 0 bridgehead atoms. The molecule has 1 saturated carbocycles. The van der Waals surface area contributed by atoms with Crippen LogP contribution in [0.5, 0.6) is 0 Å². The molecular weight excluding hydrogens is 364 g/mol. The van der Waals surface area contributed by atoms with Gasteiger partial charge in [0.2, 0.25) is 0 Å². The molecule has 4 rings (SSSR count). The van der Waals surface area contributed by atoms with Crippen molar-refractivity contribution in [3.05, 3.63) is 58.6 Å². The Kier molecular flexibility index (Phi) is 5.51. The van der Waals surface area contributed by atoms with E-state index in [1.165, 1.54) is 35.3 Å². The molecule has 27 heavy (non-hydrogen) atoms. The largest absolute Gasteiger partial charge is 0.503 e. The van der Waals surface area contributed by atoms with E-state index in [-0.39, 0.29) is 5.41 Å². The third-order valence-electron chi connectivity index (χ3n) is 4.99. The molecule has 6 heteroatoms. The standard InChI is InChI=1S/C20H23ClN2.CH2O3/c1-20(2)12-19(23-18-9-6-14(21)11-17(18)20)13-4-3-5-16(10-13)22-15-7-8-15;2-1(3)4/h3-6,9-11,15,19,22-23H,7-8,12H2,1-2H3;(H2,2,3,4). The first-order chi connectivity index (χ1) is 12.7. The molecule has 4 N–H and O–H groups in total. The first-order valence-electron chi connectivity index (χ1n) is 9.09. The third kappa shape index (κ3) is 5.07. The Morgan fingerprint density at radius 3 is 2.56 bits per heavy atom. The third-order valence-corrected chi connectivity index (χ3v) is 5.23. The van der Waals surface area contributed by atoms with Gasteiger partial charge in [-0.15, -0.1) is 0 Å². The highest BCUT2D eigenvalue weighted by Gasteiger charge is 2.33. The van der Waals surface area contributed by atoms with Gasteiger partial charge in [-0.2, -0.15) is 0 Å². The molecule has 5 nitrogen and oxygen atoms in total. The van der Waals surface area contributed by atoms with Crippen molar-refractivity contribution >= 4 is 29.1 Å². The maximum atomic E-state index is 8.56. The number of carboxylic acid groups (broad SMARTS) is 2. The normalized spacial score (nSPS) is 19.7. The van der Waals surface area contributed by atoms with Crippen molar-refractivity contribution in [1.82, 2.24) is 0 Å². The van der Waals surface area contributed by atoms with E-state index >= 15 is 0 Å². The highest BCUT2D eigenvalue weighted by atomic mass is 35.5. The smallest absolute Gasteiger partial charge is 0.450 e. The number of hydrogen-bond donors (Lipinski definition) is 4. The minimum atomic E-state index is -1.83. The Morgan fingerprint density at radius 1 is 1.19 bits per heavy atom. The highest BCUT2D eigenvalue weighted by Crippen LogP contribution is 2.45. The molecule has 1 heterocycles. The van der Waals surface area contributed by atoms with Gasteiger partial charge in [0.25, 0.3) is 0 Å². The summed E-state index contributed by atoms with van der Waals surface area (Å²) in [4.78, 5) is 8.56. The van der Waals surface area contributed by atoms with Gasteiger partial charge in [0.15, 0.2) is 0 Å². The van der Waals surface area contributed by atoms with Crippen LogP contribution in [0, 0.1) is 0 Å². The number of benzene rings is 2. The topological polar surface area (TPSA) is 81.6 Å². The van der Waals surface area contributed by atoms with E-state index in [1.54, 1.807) is 0 Å². The first-order valence-corrected chi connectivity index (χ1v) is 9.47. The van der Waals surface area contributed by atoms with Crippen LogP contribution in [0.25, 0.3) is 0 Å². The van der Waals surface area contributed by atoms with E-state index in [4.69, 9.17) is 26.6 Å². The van der Waals surface area contributed by atoms with E-state index < -0.39 is 6.16 Å². The fourth-order valence-corrected chi connectivity index (χ4v) is 3.74. The van der Waals surface area contributed by atoms with Gasteiger partial charge in [0.05, 0.1) is 6.04 Å². The van der Waals surface area contributed by atoms with Crippen molar-refractivity contribution in [3.63, 3.8) is 0 Å². The summed E-state index contributed by atoms with van der Waals surface area (Å²) in [5.74, 6) is 0. The monoisotopic (exact) mass is 388 g/mol. The molecule has 0 radical (unpaired) electrons. The second-order valence-corrected chi connectivity index (χ2v) is 8.24. The number of hydrogen-bond acceptors (Lipinski definition) is 3. The maximum absolute atomic E-state index is 8.56. The summed E-state index contributed by atoms with van der Waals surface area (Å²) in [5, 5.41) is 22.1. The van der Waals surface area contributed by atoms with Gasteiger partial charge in [0.1, 0.15) is 0 Å². The summed E-state index contributed by atoms with van der Waals surface area (Å²) in [7, 11) is 0. The molecule has 0 amide bonds. The zero-order valence-corrected chi connectivity index (χ0v) is 16.3. The number of halogens is 1. The Morgan fingerprint density at radius 2 is 1.89 bits per heavy atom. The second kappa shape index (κ2) is 7.69. The number of carbonyl (C=O) groups is 1. The Hall–Kier alpha value is -2.40. The lowest BCUT2D eigenvalue weighted by Gasteiger charge is -2.39. The van der Waals surface area contributed by atoms with Crippen LogP contribution in [0.2, 0.25) is 5.02 Å². The molecule has 1 aliphatic carbocycles. The minimum absolute atomic E-state index is 0.107. The molecule has 0 spiro atoms. The fraction of sp³-hybridized carbons (Fsp3) is 0.381. The van der Waals surface area contributed by atoms with Gasteiger partial charge in [-0.25, -0.2) is 4.79 Å². The molecule has 2 aliphatic rings. The van der Waals surface area contributed by atoms with Crippen LogP contribution in [0.4, 0.5) is 16.2 Å². The molecule has 0 saturated heterocycles. The van der Waals surface area contributed by atoms with Gasteiger partial charge in [0, 0.05) is 22.4 Å². The lowest BCUT2D eigenvalue weighted by molar-refractivity contribution is 0.137. The predicted octanol–water partition coefficient (Wildman–Crippen LogP) is 5.97. The summed E-state index contributed by atoms with van der Waals surface area (Å²) < 4.78 is 0. The summed E-state index contributed by atoms with van der Waals surface area (Å²) >= 11 is 6.20. The highest BCUT2D eigenvalue weighted by molar-refractivity contribution is 6.30. The average Bonchev–Trinajstić information content (AvgIpc) is 3.39. The first kappa shape index (κ1) is 19.4. The van der Waals surface area contributed by atoms with Gasteiger partial charge in [-0.05, 0) is 66.1 Å². The van der Waals surface area contributed by atoms with Crippen molar-refractivity contribution in [2.24, 2.45) is 0 Å². The molecule has 144 valence electrons. The molecular formula is C21H25ClN2O3. The molecule has 1 atom stereocenters. The van der Waals surface area contributed by atoms with Crippen molar-refractivity contribution in [3.8, 4) is 0 Å². The van der Waals surface area contributed by atoms with E-state index in [1.807, 2.05) is 6.07 Å². The number of nitrogens with one attached hydrogen (secondary N) is 2. The lowest BCUT2D eigenvalue weighted by atomic mass is 9.74. The SMILES string of the molecule is CC1(C)CC(c2cccc(NC3CC3)c2)Nc2ccc(Cl)cc21.O=C(O)O. The predicted molar refractivity (Wildman–Crippen MR) is 109 cm³/mol. The molecule has 1 fully saturated rings. The molecule has 0 aromatic heterocycles. The van der Waals surface area contributed by atoms with Crippen molar-refractivity contribution in [1.29, 1.82) is 0 Å². The van der Waals surface area contributed by atoms with Crippen molar-refractivity contribution in [2.45, 2.75) is 50.6 Å². The Balaban J connectivity index is 0.000000481. The second-order valence-electron chi connectivity index (χ2n) is 7.80. The van der Waals surface area contributed by atoms with Crippen LogP contribution >= 0.6 is 11.6 Å². The molecule has 2 aromatic carbocycles. The minimum Gasteiger partial charge on any atom is -0.450 e.